The molecule has 0 saturated heterocycles. The monoisotopic (exact) mass is 304 g/mol. The number of halogens is 2. The second-order valence-electron chi connectivity index (χ2n) is 1.78. The van der Waals surface area contributed by atoms with Crippen LogP contribution >= 0.6 is 17.0 Å². The molecule has 0 amide bonds. The van der Waals surface area contributed by atoms with Gasteiger partial charge >= 0.3 is 23.1 Å². The van der Waals surface area contributed by atoms with Crippen molar-refractivity contribution in [3.05, 3.63) is 24.3 Å². The van der Waals surface area contributed by atoms with Crippen molar-refractivity contribution in [1.82, 2.24) is 0 Å². The Morgan fingerprint density at radius 2 is 1.92 bits per heavy atom. The summed E-state index contributed by atoms with van der Waals surface area (Å²) in [6.45, 7) is 0.340. The van der Waals surface area contributed by atoms with Crippen molar-refractivity contribution in [3.63, 3.8) is 0 Å². The van der Waals surface area contributed by atoms with E-state index in [1.165, 1.54) is 0 Å². The van der Waals surface area contributed by atoms with E-state index in [-0.39, 0.29) is 57.0 Å². The fourth-order valence-electron chi connectivity index (χ4n) is 0.789. The van der Waals surface area contributed by atoms with Gasteiger partial charge in [-0.3, -0.25) is 0 Å². The summed E-state index contributed by atoms with van der Waals surface area (Å²) in [5.74, 6) is 1.60. The van der Waals surface area contributed by atoms with Gasteiger partial charge < -0.3 is 26.5 Å². The minimum atomic E-state index is 0. The summed E-state index contributed by atoms with van der Waals surface area (Å²) in [5, 5.41) is 0. The number of hydrogen-bond donors (Lipinski definition) is 0. The zero-order chi connectivity index (χ0) is 6.10. The molecule has 1 heterocycles. The molecule has 0 radical (unpaired) electrons. The van der Waals surface area contributed by atoms with E-state index < -0.39 is 0 Å². The third-order valence-corrected chi connectivity index (χ3v) is 1.22. The van der Waals surface area contributed by atoms with Crippen molar-refractivity contribution in [2.24, 2.45) is 0 Å². The topological polar surface area (TPSA) is 18.5 Å². The van der Waals surface area contributed by atoms with E-state index >= 15 is 0 Å². The Labute approximate surface area is 108 Å². The summed E-state index contributed by atoms with van der Waals surface area (Å²) < 4.78 is 10.1. The van der Waals surface area contributed by atoms with Crippen molar-refractivity contribution in [2.45, 2.75) is 0 Å². The standard InChI is InChI=1S/C7H5O2.2BrH.Mg/c1-2-4-7-6(3-1)8-5-9-7;;;/h1,3-4H,5H2;2*1H;/q-1;;;+2/p-1. The van der Waals surface area contributed by atoms with E-state index in [1.807, 2.05) is 6.07 Å². The quantitative estimate of drug-likeness (QED) is 0.425. The van der Waals surface area contributed by atoms with Gasteiger partial charge in [-0.25, -0.2) is 0 Å². The van der Waals surface area contributed by atoms with Crippen LogP contribution in [0.15, 0.2) is 18.2 Å². The van der Waals surface area contributed by atoms with Gasteiger partial charge in [0.2, 0.25) is 6.79 Å². The maximum atomic E-state index is 5.06. The molecular formula is C7H6Br2MgO2. The van der Waals surface area contributed by atoms with Crippen LogP contribution < -0.4 is 26.5 Å². The average Bonchev–Trinajstić information content (AvgIpc) is 2.33. The third-order valence-electron chi connectivity index (χ3n) is 1.22. The Hall–Kier alpha value is 0.546. The molecule has 0 fully saturated rings. The third kappa shape index (κ3) is 3.12. The Morgan fingerprint density at radius 1 is 1.25 bits per heavy atom. The largest absolute Gasteiger partial charge is 2.00 e. The molecule has 5 heteroatoms. The molecule has 0 bridgehead atoms. The molecule has 0 aliphatic carbocycles. The van der Waals surface area contributed by atoms with Crippen LogP contribution in [0.25, 0.3) is 0 Å². The zero-order valence-corrected chi connectivity index (χ0v) is 11.0. The molecule has 0 spiro atoms. The van der Waals surface area contributed by atoms with Gasteiger partial charge in [-0.2, -0.15) is 12.1 Å². The van der Waals surface area contributed by atoms with Gasteiger partial charge in [0.25, 0.3) is 0 Å². The van der Waals surface area contributed by atoms with E-state index in [0.717, 1.165) is 11.5 Å². The van der Waals surface area contributed by atoms with Gasteiger partial charge in [-0.1, -0.05) is 0 Å². The van der Waals surface area contributed by atoms with Gasteiger partial charge in [0.05, 0.1) is 11.5 Å². The molecule has 2 nitrogen and oxygen atoms in total. The van der Waals surface area contributed by atoms with Crippen LogP contribution in [0.4, 0.5) is 0 Å². The molecule has 1 aromatic rings. The van der Waals surface area contributed by atoms with Crippen LogP contribution in [0.1, 0.15) is 0 Å². The molecule has 0 unspecified atom stereocenters. The first-order chi connectivity index (χ1) is 4.47. The Balaban J connectivity index is 0. The molecule has 1 aromatic carbocycles. The van der Waals surface area contributed by atoms with Gasteiger partial charge in [-0.15, -0.1) is 29.1 Å². The molecule has 0 saturated carbocycles. The normalized spacial score (nSPS) is 10.3. The predicted molar refractivity (Wildman–Crippen MR) is 47.5 cm³/mol. The minimum absolute atomic E-state index is 0. The first-order valence-corrected chi connectivity index (χ1v) is 2.72. The molecule has 62 valence electrons. The summed E-state index contributed by atoms with van der Waals surface area (Å²) in [5.41, 5.74) is 0. The SMILES string of the molecule is Br.[Br-].[Mg+2].[c-]1ccc2c(c1)OCO2. The zero-order valence-electron chi connectivity index (χ0n) is 6.25. The summed E-state index contributed by atoms with van der Waals surface area (Å²) in [6.07, 6.45) is 0. The number of benzene rings is 1. The van der Waals surface area contributed by atoms with E-state index in [1.54, 1.807) is 12.1 Å². The maximum Gasteiger partial charge on any atom is 2.00 e. The van der Waals surface area contributed by atoms with Crippen LogP contribution in [0, 0.1) is 6.07 Å². The summed E-state index contributed by atoms with van der Waals surface area (Å²) in [7, 11) is 0. The van der Waals surface area contributed by atoms with Gasteiger partial charge in [0.1, 0.15) is 0 Å². The van der Waals surface area contributed by atoms with Gasteiger partial charge in [0.15, 0.2) is 0 Å². The molecule has 2 rings (SSSR count). The first-order valence-electron chi connectivity index (χ1n) is 2.72. The maximum absolute atomic E-state index is 5.06. The molecular weight excluding hydrogens is 300 g/mol. The smallest absolute Gasteiger partial charge is 1.00 e. The Bertz CT molecular complexity index is 209. The second kappa shape index (κ2) is 7.00. The molecule has 0 atom stereocenters. The number of fused-ring (bicyclic) bond motifs is 1. The van der Waals surface area contributed by atoms with Crippen LogP contribution in [0.2, 0.25) is 0 Å². The van der Waals surface area contributed by atoms with E-state index in [4.69, 9.17) is 9.47 Å². The van der Waals surface area contributed by atoms with Gasteiger partial charge in [-0.05, 0) is 0 Å². The molecule has 1 aliphatic rings. The van der Waals surface area contributed by atoms with Crippen LogP contribution in [-0.4, -0.2) is 29.8 Å². The van der Waals surface area contributed by atoms with E-state index in [2.05, 4.69) is 6.07 Å². The van der Waals surface area contributed by atoms with Crippen molar-refractivity contribution < 1.29 is 26.5 Å². The van der Waals surface area contributed by atoms with Gasteiger partial charge in [0, 0.05) is 0 Å². The minimum Gasteiger partial charge on any atom is -1.00 e. The fraction of sp³-hybridized carbons (Fsp3) is 0.143. The van der Waals surface area contributed by atoms with Crippen molar-refractivity contribution >= 4 is 40.0 Å². The molecule has 1 aliphatic heterocycles. The predicted octanol–water partition coefficient (Wildman–Crippen LogP) is -1.58. The Morgan fingerprint density at radius 3 is 2.58 bits per heavy atom. The number of rotatable bonds is 0. The summed E-state index contributed by atoms with van der Waals surface area (Å²) in [4.78, 5) is 0. The van der Waals surface area contributed by atoms with Crippen molar-refractivity contribution in [2.75, 3.05) is 6.79 Å². The Kier molecular flexibility index (Phi) is 8.77. The van der Waals surface area contributed by atoms with E-state index in [9.17, 15) is 0 Å². The second-order valence-corrected chi connectivity index (χ2v) is 1.78. The van der Waals surface area contributed by atoms with E-state index in [0.29, 0.717) is 6.79 Å². The summed E-state index contributed by atoms with van der Waals surface area (Å²) in [6, 6.07) is 8.29. The fourth-order valence-corrected chi connectivity index (χ4v) is 0.789. The molecule has 0 aromatic heterocycles. The van der Waals surface area contributed by atoms with Crippen LogP contribution in [-0.2, 0) is 0 Å². The first kappa shape index (κ1) is 15.0. The number of ether oxygens (including phenoxy) is 2. The summed E-state index contributed by atoms with van der Waals surface area (Å²) >= 11 is 0. The molecule has 0 N–H and O–H groups in total. The van der Waals surface area contributed by atoms with Crippen molar-refractivity contribution in [1.29, 1.82) is 0 Å². The van der Waals surface area contributed by atoms with Crippen LogP contribution in [0.5, 0.6) is 11.5 Å². The van der Waals surface area contributed by atoms with Crippen molar-refractivity contribution in [3.8, 4) is 11.5 Å². The van der Waals surface area contributed by atoms with Crippen LogP contribution in [0.3, 0.4) is 0 Å². The average molecular weight is 306 g/mol. The molecule has 12 heavy (non-hydrogen) atoms. The number of hydrogen-bond acceptors (Lipinski definition) is 2.